The summed E-state index contributed by atoms with van der Waals surface area (Å²) in [6, 6.07) is 0.392. The minimum Gasteiger partial charge on any atom is -0.481 e. The molecule has 1 aliphatic heterocycles. The van der Waals surface area contributed by atoms with Crippen LogP contribution >= 0.6 is 0 Å². The van der Waals surface area contributed by atoms with Crippen molar-refractivity contribution >= 4 is 5.97 Å². The van der Waals surface area contributed by atoms with Crippen LogP contribution in [0.25, 0.3) is 0 Å². The van der Waals surface area contributed by atoms with Crippen molar-refractivity contribution in [1.82, 2.24) is 14.5 Å². The average molecular weight is 277 g/mol. The first-order chi connectivity index (χ1) is 9.53. The Balaban J connectivity index is 1.75. The lowest BCUT2D eigenvalue weighted by atomic mass is 9.81. The Bertz CT molecular complexity index is 511. The number of aliphatic carboxylic acids is 1. The molecular formula is C15H23N3O2. The molecule has 1 aromatic rings. The highest BCUT2D eigenvalue weighted by atomic mass is 16.4. The van der Waals surface area contributed by atoms with Crippen LogP contribution in [0.5, 0.6) is 0 Å². The highest BCUT2D eigenvalue weighted by Gasteiger charge is 2.54. The SMILES string of the molecule is CC(C)n1ccnc1CN1C[C@@H]2CCC[C@@]2(C(=O)O)C1. The first kappa shape index (κ1) is 13.6. The smallest absolute Gasteiger partial charge is 0.311 e. The van der Waals surface area contributed by atoms with Gasteiger partial charge in [0.2, 0.25) is 0 Å². The van der Waals surface area contributed by atoms with Crippen molar-refractivity contribution in [3.63, 3.8) is 0 Å². The van der Waals surface area contributed by atoms with Gasteiger partial charge in [-0.3, -0.25) is 9.69 Å². The predicted molar refractivity (Wildman–Crippen MR) is 75.3 cm³/mol. The Labute approximate surface area is 119 Å². The zero-order chi connectivity index (χ0) is 14.3. The molecule has 110 valence electrons. The van der Waals surface area contributed by atoms with Gasteiger partial charge >= 0.3 is 5.97 Å². The molecule has 2 atom stereocenters. The second kappa shape index (κ2) is 4.88. The van der Waals surface area contributed by atoms with Gasteiger partial charge in [-0.2, -0.15) is 0 Å². The zero-order valence-electron chi connectivity index (χ0n) is 12.2. The van der Waals surface area contributed by atoms with Gasteiger partial charge in [-0.25, -0.2) is 4.98 Å². The van der Waals surface area contributed by atoms with Crippen molar-refractivity contribution in [3.8, 4) is 0 Å². The summed E-state index contributed by atoms with van der Waals surface area (Å²) in [5.74, 6) is 0.762. The molecule has 1 aromatic heterocycles. The summed E-state index contributed by atoms with van der Waals surface area (Å²) in [5.41, 5.74) is -0.491. The topological polar surface area (TPSA) is 58.4 Å². The van der Waals surface area contributed by atoms with Gasteiger partial charge in [0, 0.05) is 31.5 Å². The minimum absolute atomic E-state index is 0.322. The van der Waals surface area contributed by atoms with Crippen molar-refractivity contribution in [3.05, 3.63) is 18.2 Å². The van der Waals surface area contributed by atoms with Gasteiger partial charge in [-0.1, -0.05) is 6.42 Å². The fourth-order valence-corrected chi connectivity index (χ4v) is 4.00. The van der Waals surface area contributed by atoms with Gasteiger partial charge in [-0.15, -0.1) is 0 Å². The second-order valence-corrected chi connectivity index (χ2v) is 6.56. The molecule has 0 bridgehead atoms. The van der Waals surface area contributed by atoms with Crippen LogP contribution in [0.1, 0.15) is 45.0 Å². The Hall–Kier alpha value is -1.36. The monoisotopic (exact) mass is 277 g/mol. The lowest BCUT2D eigenvalue weighted by Gasteiger charge is -2.23. The van der Waals surface area contributed by atoms with Crippen molar-refractivity contribution in [2.75, 3.05) is 13.1 Å². The van der Waals surface area contributed by atoms with E-state index in [1.165, 1.54) is 0 Å². The molecule has 1 aliphatic carbocycles. The van der Waals surface area contributed by atoms with E-state index >= 15 is 0 Å². The van der Waals surface area contributed by atoms with Gasteiger partial charge < -0.3 is 9.67 Å². The summed E-state index contributed by atoms with van der Waals surface area (Å²) >= 11 is 0. The quantitative estimate of drug-likeness (QED) is 0.916. The second-order valence-electron chi connectivity index (χ2n) is 6.56. The molecule has 1 saturated heterocycles. The van der Waals surface area contributed by atoms with Gasteiger partial charge in [-0.05, 0) is 32.6 Å². The molecule has 2 fully saturated rings. The molecule has 5 nitrogen and oxygen atoms in total. The summed E-state index contributed by atoms with van der Waals surface area (Å²) < 4.78 is 2.17. The molecule has 0 amide bonds. The molecule has 20 heavy (non-hydrogen) atoms. The third-order valence-electron chi connectivity index (χ3n) is 5.04. The first-order valence-corrected chi connectivity index (χ1v) is 7.50. The molecule has 2 aliphatic rings. The lowest BCUT2D eigenvalue weighted by Crippen LogP contribution is -2.35. The standard InChI is InChI=1S/C15H23N3O2/c1-11(2)18-7-6-16-13(18)9-17-8-12-4-3-5-15(12,10-17)14(19)20/h6-7,11-12H,3-5,8-10H2,1-2H3,(H,19,20)/t12-,15+/m0/s1. The fraction of sp³-hybridized carbons (Fsp3) is 0.733. The number of aromatic nitrogens is 2. The van der Waals surface area contributed by atoms with E-state index in [1.54, 1.807) is 0 Å². The van der Waals surface area contributed by atoms with Gasteiger partial charge in [0.05, 0.1) is 12.0 Å². The average Bonchev–Trinajstić information content (AvgIpc) is 3.01. The molecule has 5 heteroatoms. The number of imidazole rings is 1. The van der Waals surface area contributed by atoms with Crippen molar-refractivity contribution in [2.24, 2.45) is 11.3 Å². The summed E-state index contributed by atoms with van der Waals surface area (Å²) in [7, 11) is 0. The van der Waals surface area contributed by atoms with Crippen molar-refractivity contribution in [1.29, 1.82) is 0 Å². The van der Waals surface area contributed by atoms with Gasteiger partial charge in [0.25, 0.3) is 0 Å². The number of nitrogens with zero attached hydrogens (tertiary/aromatic N) is 3. The number of carboxylic acids is 1. The maximum absolute atomic E-state index is 11.7. The Kier molecular flexibility index (Phi) is 3.32. The maximum atomic E-state index is 11.7. The predicted octanol–water partition coefficient (Wildman–Crippen LogP) is 2.15. The van der Waals surface area contributed by atoms with Crippen LogP contribution in [0.2, 0.25) is 0 Å². The molecule has 0 unspecified atom stereocenters. The minimum atomic E-state index is -0.602. The fourth-order valence-electron chi connectivity index (χ4n) is 4.00. The lowest BCUT2D eigenvalue weighted by molar-refractivity contribution is -0.149. The van der Waals surface area contributed by atoms with Crippen LogP contribution in [0.15, 0.2) is 12.4 Å². The molecule has 1 saturated carbocycles. The number of hydrogen-bond acceptors (Lipinski definition) is 3. The Morgan fingerprint density at radius 3 is 3.05 bits per heavy atom. The van der Waals surface area contributed by atoms with E-state index < -0.39 is 11.4 Å². The normalized spacial score (nSPS) is 30.1. The summed E-state index contributed by atoms with van der Waals surface area (Å²) in [4.78, 5) is 18.4. The van der Waals surface area contributed by atoms with Gasteiger partial charge in [0.1, 0.15) is 5.82 Å². The van der Waals surface area contributed by atoms with Crippen molar-refractivity contribution < 1.29 is 9.90 Å². The Morgan fingerprint density at radius 2 is 2.40 bits per heavy atom. The van der Waals surface area contributed by atoms with Crippen LogP contribution in [0.4, 0.5) is 0 Å². The summed E-state index contributed by atoms with van der Waals surface area (Å²) in [6.07, 6.45) is 6.79. The number of fused-ring (bicyclic) bond motifs is 1. The maximum Gasteiger partial charge on any atom is 0.311 e. The largest absolute Gasteiger partial charge is 0.481 e. The molecule has 0 spiro atoms. The van der Waals surface area contributed by atoms with Gasteiger partial charge in [0.15, 0.2) is 0 Å². The third-order valence-corrected chi connectivity index (χ3v) is 5.04. The van der Waals surface area contributed by atoms with Crippen LogP contribution in [-0.2, 0) is 11.3 Å². The van der Waals surface area contributed by atoms with E-state index in [4.69, 9.17) is 0 Å². The molecule has 3 rings (SSSR count). The highest BCUT2D eigenvalue weighted by Crippen LogP contribution is 2.49. The molecular weight excluding hydrogens is 254 g/mol. The highest BCUT2D eigenvalue weighted by molar-refractivity contribution is 5.76. The zero-order valence-corrected chi connectivity index (χ0v) is 12.2. The summed E-state index contributed by atoms with van der Waals surface area (Å²) in [5, 5.41) is 9.61. The number of carboxylic acid groups (broad SMARTS) is 1. The van der Waals surface area contributed by atoms with E-state index in [-0.39, 0.29) is 0 Å². The number of likely N-dealkylation sites (tertiary alicyclic amines) is 1. The van der Waals surface area contributed by atoms with E-state index in [2.05, 4.69) is 28.3 Å². The molecule has 0 radical (unpaired) electrons. The van der Waals surface area contributed by atoms with Crippen molar-refractivity contribution in [2.45, 2.75) is 45.7 Å². The first-order valence-electron chi connectivity index (χ1n) is 7.50. The van der Waals surface area contributed by atoms with Crippen LogP contribution in [0.3, 0.4) is 0 Å². The van der Waals surface area contributed by atoms with Crippen LogP contribution in [-0.4, -0.2) is 38.6 Å². The molecule has 1 N–H and O–H groups in total. The van der Waals surface area contributed by atoms with E-state index in [0.717, 1.165) is 38.2 Å². The molecule has 2 heterocycles. The number of carbonyl (C=O) groups is 1. The summed E-state index contributed by atoms with van der Waals surface area (Å²) in [6.45, 7) is 6.62. The Morgan fingerprint density at radius 1 is 1.60 bits per heavy atom. The third kappa shape index (κ3) is 2.04. The van der Waals surface area contributed by atoms with E-state index in [9.17, 15) is 9.90 Å². The number of hydrogen-bond donors (Lipinski definition) is 1. The van der Waals surface area contributed by atoms with E-state index in [0.29, 0.717) is 18.5 Å². The van der Waals surface area contributed by atoms with Crippen LogP contribution < -0.4 is 0 Å². The molecule has 0 aromatic carbocycles. The number of rotatable bonds is 4. The van der Waals surface area contributed by atoms with Crippen LogP contribution in [0, 0.1) is 11.3 Å². The van der Waals surface area contributed by atoms with E-state index in [1.807, 2.05) is 12.4 Å².